The van der Waals surface area contributed by atoms with Gasteiger partial charge in [-0.15, -0.1) is 24.0 Å². The number of nitrogens with zero attached hydrogens (tertiary/aromatic N) is 3. The normalized spacial score (nSPS) is 11.9. The van der Waals surface area contributed by atoms with E-state index in [-0.39, 0.29) is 24.0 Å². The largest absolute Gasteiger partial charge is 0.355 e. The zero-order chi connectivity index (χ0) is 15.0. The van der Waals surface area contributed by atoms with Crippen LogP contribution in [0.3, 0.4) is 0 Å². The third-order valence-corrected chi connectivity index (χ3v) is 3.22. The summed E-state index contributed by atoms with van der Waals surface area (Å²) in [6.07, 6.45) is 1.75. The van der Waals surface area contributed by atoms with Crippen molar-refractivity contribution in [2.45, 2.75) is 46.3 Å². The van der Waals surface area contributed by atoms with Crippen LogP contribution >= 0.6 is 24.0 Å². The average molecular weight is 408 g/mol. The molecule has 0 aliphatic rings. The highest BCUT2D eigenvalue weighted by molar-refractivity contribution is 14.0. The van der Waals surface area contributed by atoms with Crippen LogP contribution in [0.1, 0.15) is 33.4 Å². The molecule has 0 fully saturated rings. The van der Waals surface area contributed by atoms with Gasteiger partial charge in [-0.3, -0.25) is 15.0 Å². The highest BCUT2D eigenvalue weighted by atomic mass is 127. The van der Waals surface area contributed by atoms with E-state index in [1.54, 1.807) is 13.2 Å². The Morgan fingerprint density at radius 2 is 1.95 bits per heavy atom. The molecule has 0 aliphatic carbocycles. The topological polar surface area (TPSA) is 68.3 Å². The second-order valence-electron chi connectivity index (χ2n) is 5.36. The van der Waals surface area contributed by atoms with E-state index in [4.69, 9.17) is 0 Å². The standard InChI is InChI=1S/C14H28N6.HI/c1-11(2)20(12(3)4)9-8-16-14(15-5)17-10-13-6-7-18-19-13;/h6-7,11-12H,8-10H2,1-5H3,(H,18,19)(H2,15,16,17);1H. The van der Waals surface area contributed by atoms with Crippen LogP contribution in [0.4, 0.5) is 0 Å². The molecule has 1 rings (SSSR count). The number of hydrogen-bond acceptors (Lipinski definition) is 3. The van der Waals surface area contributed by atoms with E-state index in [9.17, 15) is 0 Å². The molecule has 0 bridgehead atoms. The first-order valence-corrected chi connectivity index (χ1v) is 7.23. The zero-order valence-electron chi connectivity index (χ0n) is 13.7. The van der Waals surface area contributed by atoms with Crippen LogP contribution in [0.2, 0.25) is 0 Å². The molecule has 0 amide bonds. The third kappa shape index (κ3) is 7.66. The van der Waals surface area contributed by atoms with Gasteiger partial charge in [0, 0.05) is 38.4 Å². The van der Waals surface area contributed by atoms with E-state index in [0.717, 1.165) is 24.7 Å². The Hall–Kier alpha value is -0.830. The minimum absolute atomic E-state index is 0. The number of H-pyrrole nitrogens is 1. The second-order valence-corrected chi connectivity index (χ2v) is 5.36. The quantitative estimate of drug-likeness (QED) is 0.366. The molecule has 0 aliphatic heterocycles. The van der Waals surface area contributed by atoms with Gasteiger partial charge in [-0.1, -0.05) is 0 Å². The molecular formula is C14H29IN6. The summed E-state index contributed by atoms with van der Waals surface area (Å²) >= 11 is 0. The molecular weight excluding hydrogens is 379 g/mol. The smallest absolute Gasteiger partial charge is 0.191 e. The minimum atomic E-state index is 0. The average Bonchev–Trinajstić information content (AvgIpc) is 2.90. The second kappa shape index (κ2) is 10.8. The molecule has 0 saturated heterocycles. The van der Waals surface area contributed by atoms with Crippen LogP contribution in [-0.2, 0) is 6.54 Å². The van der Waals surface area contributed by atoms with Crippen LogP contribution < -0.4 is 10.6 Å². The first kappa shape index (κ1) is 20.2. The summed E-state index contributed by atoms with van der Waals surface area (Å²) < 4.78 is 0. The lowest BCUT2D eigenvalue weighted by Gasteiger charge is -2.30. The molecule has 0 saturated carbocycles. The maximum absolute atomic E-state index is 4.22. The van der Waals surface area contributed by atoms with Crippen molar-refractivity contribution in [1.29, 1.82) is 0 Å². The summed E-state index contributed by atoms with van der Waals surface area (Å²) in [4.78, 5) is 6.67. The number of aromatic nitrogens is 2. The summed E-state index contributed by atoms with van der Waals surface area (Å²) in [5.41, 5.74) is 1.04. The molecule has 1 heterocycles. The first-order valence-electron chi connectivity index (χ1n) is 7.23. The van der Waals surface area contributed by atoms with Gasteiger partial charge in [0.05, 0.1) is 12.2 Å². The van der Waals surface area contributed by atoms with Gasteiger partial charge in [0.15, 0.2) is 5.96 Å². The Morgan fingerprint density at radius 1 is 1.29 bits per heavy atom. The van der Waals surface area contributed by atoms with Crippen LogP contribution in [-0.4, -0.2) is 53.3 Å². The van der Waals surface area contributed by atoms with Crippen molar-refractivity contribution in [2.24, 2.45) is 4.99 Å². The summed E-state index contributed by atoms with van der Waals surface area (Å²) in [5, 5.41) is 13.4. The van der Waals surface area contributed by atoms with Crippen molar-refractivity contribution >= 4 is 29.9 Å². The molecule has 0 spiro atoms. The lowest BCUT2D eigenvalue weighted by molar-refractivity contribution is 0.178. The molecule has 1 aromatic rings. The number of aromatic amines is 1. The van der Waals surface area contributed by atoms with Crippen molar-refractivity contribution in [3.63, 3.8) is 0 Å². The van der Waals surface area contributed by atoms with Gasteiger partial charge in [0.1, 0.15) is 0 Å². The molecule has 122 valence electrons. The molecule has 3 N–H and O–H groups in total. The highest BCUT2D eigenvalue weighted by Crippen LogP contribution is 2.03. The fourth-order valence-corrected chi connectivity index (χ4v) is 2.20. The first-order chi connectivity index (χ1) is 9.54. The number of rotatable bonds is 7. The summed E-state index contributed by atoms with van der Waals surface area (Å²) in [6, 6.07) is 3.05. The maximum atomic E-state index is 4.22. The van der Waals surface area contributed by atoms with Gasteiger partial charge in [-0.25, -0.2) is 0 Å². The summed E-state index contributed by atoms with van der Waals surface area (Å²) in [6.45, 7) is 11.5. The maximum Gasteiger partial charge on any atom is 0.191 e. The summed E-state index contributed by atoms with van der Waals surface area (Å²) in [7, 11) is 1.78. The molecule has 0 aromatic carbocycles. The van der Waals surface area contributed by atoms with E-state index < -0.39 is 0 Å². The van der Waals surface area contributed by atoms with Crippen LogP contribution in [0, 0.1) is 0 Å². The van der Waals surface area contributed by atoms with Crippen LogP contribution in [0.5, 0.6) is 0 Å². The molecule has 21 heavy (non-hydrogen) atoms. The van der Waals surface area contributed by atoms with Crippen molar-refractivity contribution in [3.8, 4) is 0 Å². The van der Waals surface area contributed by atoms with E-state index in [1.165, 1.54) is 0 Å². The van der Waals surface area contributed by atoms with E-state index in [1.807, 2.05) is 6.07 Å². The number of guanidine groups is 1. The Labute approximate surface area is 145 Å². The highest BCUT2D eigenvalue weighted by Gasteiger charge is 2.12. The van der Waals surface area contributed by atoms with E-state index in [2.05, 4.69) is 58.4 Å². The Bertz CT molecular complexity index is 380. The van der Waals surface area contributed by atoms with Crippen molar-refractivity contribution < 1.29 is 0 Å². The molecule has 0 atom stereocenters. The van der Waals surface area contributed by atoms with Crippen molar-refractivity contribution in [1.82, 2.24) is 25.7 Å². The monoisotopic (exact) mass is 408 g/mol. The molecule has 0 radical (unpaired) electrons. The molecule has 6 nitrogen and oxygen atoms in total. The van der Waals surface area contributed by atoms with Crippen molar-refractivity contribution in [2.75, 3.05) is 20.1 Å². The summed E-state index contributed by atoms with van der Waals surface area (Å²) in [5.74, 6) is 0.812. The van der Waals surface area contributed by atoms with Crippen LogP contribution in [0.15, 0.2) is 17.3 Å². The minimum Gasteiger partial charge on any atom is -0.355 e. The number of aliphatic imine (C=N–C) groups is 1. The number of nitrogens with one attached hydrogen (secondary N) is 3. The van der Waals surface area contributed by atoms with Gasteiger partial charge >= 0.3 is 0 Å². The Kier molecular flexibility index (Phi) is 10.4. The fraction of sp³-hybridized carbons (Fsp3) is 0.714. The Morgan fingerprint density at radius 3 is 2.43 bits per heavy atom. The number of halogens is 1. The van der Waals surface area contributed by atoms with E-state index >= 15 is 0 Å². The third-order valence-electron chi connectivity index (χ3n) is 3.22. The van der Waals surface area contributed by atoms with E-state index in [0.29, 0.717) is 18.6 Å². The van der Waals surface area contributed by atoms with Gasteiger partial charge < -0.3 is 10.6 Å². The fourth-order valence-electron chi connectivity index (χ4n) is 2.20. The lowest BCUT2D eigenvalue weighted by atomic mass is 10.2. The molecule has 1 aromatic heterocycles. The number of hydrogen-bond donors (Lipinski definition) is 3. The van der Waals surface area contributed by atoms with Gasteiger partial charge in [-0.2, -0.15) is 5.10 Å². The predicted molar refractivity (Wildman–Crippen MR) is 99.2 cm³/mol. The van der Waals surface area contributed by atoms with Gasteiger partial charge in [0.2, 0.25) is 0 Å². The van der Waals surface area contributed by atoms with Gasteiger partial charge in [0.25, 0.3) is 0 Å². The zero-order valence-corrected chi connectivity index (χ0v) is 16.0. The van der Waals surface area contributed by atoms with Crippen molar-refractivity contribution in [3.05, 3.63) is 18.0 Å². The molecule has 7 heteroatoms. The lowest BCUT2D eigenvalue weighted by Crippen LogP contribution is -2.45. The predicted octanol–water partition coefficient (Wildman–Crippen LogP) is 1.81. The van der Waals surface area contributed by atoms with Crippen LogP contribution in [0.25, 0.3) is 0 Å². The van der Waals surface area contributed by atoms with Gasteiger partial charge in [-0.05, 0) is 33.8 Å². The SMILES string of the molecule is CN=C(NCCN(C(C)C)C(C)C)NCc1ccn[nH]1.I. The Balaban J connectivity index is 0.00000400. The molecule has 0 unspecified atom stereocenters.